The predicted octanol–water partition coefficient (Wildman–Crippen LogP) is 4.29. The van der Waals surface area contributed by atoms with Gasteiger partial charge in [-0.15, -0.1) is 0 Å². The summed E-state index contributed by atoms with van der Waals surface area (Å²) in [6.45, 7) is 0. The van der Waals surface area contributed by atoms with Gasteiger partial charge in [-0.1, -0.05) is 63.9 Å². The third-order valence-electron chi connectivity index (χ3n) is 4.93. The van der Waals surface area contributed by atoms with Crippen molar-refractivity contribution in [1.29, 1.82) is 0 Å². The maximum absolute atomic E-state index is 11.6. The number of rotatable bonds is 2. The molecule has 5 heteroatoms. The monoisotopic (exact) mass is 402 g/mol. The van der Waals surface area contributed by atoms with Gasteiger partial charge in [-0.3, -0.25) is 0 Å². The lowest BCUT2D eigenvalue weighted by Gasteiger charge is -2.39. The standard InChI is InChI=1S/C19H15BrClNO2/c20-14-7-2-1-4-12(14)17-11-6-3-5-10(11)16-13(19(23)24)8-9-15(21)18(16)22-17/h1-5,7-11,17,22H,6H2,(H,23,24)/p-1/t10-,11-,17-/m0/s1. The molecular weight excluding hydrogens is 390 g/mol. The second kappa shape index (κ2) is 5.94. The number of anilines is 1. The minimum absolute atomic E-state index is 0.0185. The first-order valence-electron chi connectivity index (χ1n) is 7.79. The Hall–Kier alpha value is -1.78. The van der Waals surface area contributed by atoms with E-state index in [9.17, 15) is 9.90 Å². The molecule has 0 amide bonds. The molecule has 2 aliphatic rings. The van der Waals surface area contributed by atoms with E-state index in [1.807, 2.05) is 18.2 Å². The van der Waals surface area contributed by atoms with Gasteiger partial charge < -0.3 is 15.2 Å². The lowest BCUT2D eigenvalue weighted by molar-refractivity contribution is -0.255. The summed E-state index contributed by atoms with van der Waals surface area (Å²) in [6, 6.07) is 11.3. The number of carboxylic acid groups (broad SMARTS) is 1. The van der Waals surface area contributed by atoms with Crippen LogP contribution in [0, 0.1) is 5.92 Å². The Kier molecular flexibility index (Phi) is 3.89. The first kappa shape index (κ1) is 15.7. The highest BCUT2D eigenvalue weighted by Crippen LogP contribution is 2.53. The van der Waals surface area contributed by atoms with Gasteiger partial charge in [0, 0.05) is 16.0 Å². The van der Waals surface area contributed by atoms with Crippen LogP contribution < -0.4 is 10.4 Å². The van der Waals surface area contributed by atoms with Crippen LogP contribution in [-0.2, 0) is 0 Å². The van der Waals surface area contributed by atoms with E-state index in [2.05, 4.69) is 39.5 Å². The van der Waals surface area contributed by atoms with Gasteiger partial charge in [0.25, 0.3) is 0 Å². The smallest absolute Gasteiger partial charge is 0.0719 e. The summed E-state index contributed by atoms with van der Waals surface area (Å²) in [5, 5.41) is 15.6. The van der Waals surface area contributed by atoms with Crippen molar-refractivity contribution in [3.05, 3.63) is 74.7 Å². The van der Waals surface area contributed by atoms with Crippen LogP contribution in [0.15, 0.2) is 53.0 Å². The molecule has 1 heterocycles. The van der Waals surface area contributed by atoms with E-state index in [1.165, 1.54) is 0 Å². The van der Waals surface area contributed by atoms with E-state index in [-0.39, 0.29) is 23.4 Å². The zero-order chi connectivity index (χ0) is 16.8. The highest BCUT2D eigenvalue weighted by Gasteiger charge is 2.40. The Morgan fingerprint density at radius 2 is 2.04 bits per heavy atom. The Labute approximate surface area is 153 Å². The minimum atomic E-state index is -1.16. The number of benzene rings is 2. The average Bonchev–Trinajstić information content (AvgIpc) is 3.05. The number of aromatic carboxylic acids is 1. The molecule has 4 rings (SSSR count). The Morgan fingerprint density at radius 1 is 1.25 bits per heavy atom. The SMILES string of the molecule is O=C([O-])c1ccc(Cl)c2c1[C@H]1C=CC[C@@H]1[C@@H](c1ccccc1Br)N2. The quantitative estimate of drug-likeness (QED) is 0.761. The molecule has 2 aromatic rings. The Balaban J connectivity index is 1.90. The van der Waals surface area contributed by atoms with Crippen molar-refractivity contribution in [2.75, 3.05) is 5.32 Å². The fourth-order valence-electron chi connectivity index (χ4n) is 3.89. The van der Waals surface area contributed by atoms with Crippen LogP contribution in [0.3, 0.4) is 0 Å². The van der Waals surface area contributed by atoms with Gasteiger partial charge in [0.1, 0.15) is 0 Å². The predicted molar refractivity (Wildman–Crippen MR) is 96.3 cm³/mol. The Morgan fingerprint density at radius 3 is 2.79 bits per heavy atom. The van der Waals surface area contributed by atoms with E-state index >= 15 is 0 Å². The van der Waals surface area contributed by atoms with E-state index in [1.54, 1.807) is 12.1 Å². The summed E-state index contributed by atoms with van der Waals surface area (Å²) >= 11 is 10.0. The van der Waals surface area contributed by atoms with Crippen LogP contribution in [-0.4, -0.2) is 5.97 Å². The molecule has 0 spiro atoms. The normalized spacial score (nSPS) is 24.2. The first-order valence-corrected chi connectivity index (χ1v) is 8.96. The maximum Gasteiger partial charge on any atom is 0.0719 e. The molecule has 3 nitrogen and oxygen atoms in total. The molecule has 0 bridgehead atoms. The van der Waals surface area contributed by atoms with Gasteiger partial charge >= 0.3 is 0 Å². The van der Waals surface area contributed by atoms with Crippen molar-refractivity contribution in [2.24, 2.45) is 5.92 Å². The molecule has 3 atom stereocenters. The number of nitrogens with one attached hydrogen (secondary N) is 1. The molecule has 0 fully saturated rings. The summed E-state index contributed by atoms with van der Waals surface area (Å²) in [4.78, 5) is 11.6. The van der Waals surface area contributed by atoms with Gasteiger partial charge in [0.15, 0.2) is 0 Å². The molecule has 0 aromatic heterocycles. The third kappa shape index (κ3) is 2.36. The van der Waals surface area contributed by atoms with E-state index in [0.29, 0.717) is 10.7 Å². The molecule has 24 heavy (non-hydrogen) atoms. The van der Waals surface area contributed by atoms with Crippen molar-refractivity contribution in [3.8, 4) is 0 Å². The molecule has 0 radical (unpaired) electrons. The summed E-state index contributed by atoms with van der Waals surface area (Å²) in [5.74, 6) is -0.902. The highest BCUT2D eigenvalue weighted by molar-refractivity contribution is 9.10. The van der Waals surface area contributed by atoms with E-state index in [0.717, 1.165) is 22.0 Å². The van der Waals surface area contributed by atoms with Gasteiger partial charge in [-0.25, -0.2) is 0 Å². The number of hydrogen-bond donors (Lipinski definition) is 1. The molecule has 2 aromatic carbocycles. The van der Waals surface area contributed by atoms with E-state index in [4.69, 9.17) is 11.6 Å². The fourth-order valence-corrected chi connectivity index (χ4v) is 4.64. The second-order valence-electron chi connectivity index (χ2n) is 6.17. The van der Waals surface area contributed by atoms with Gasteiger partial charge in [-0.2, -0.15) is 0 Å². The molecule has 1 aliphatic carbocycles. The summed E-state index contributed by atoms with van der Waals surface area (Å²) in [7, 11) is 0. The van der Waals surface area contributed by atoms with Crippen molar-refractivity contribution in [3.63, 3.8) is 0 Å². The number of halogens is 2. The number of carbonyl (C=O) groups excluding carboxylic acids is 1. The zero-order valence-corrected chi connectivity index (χ0v) is 15.0. The highest BCUT2D eigenvalue weighted by atomic mass is 79.9. The zero-order valence-electron chi connectivity index (χ0n) is 12.6. The van der Waals surface area contributed by atoms with Crippen LogP contribution in [0.5, 0.6) is 0 Å². The summed E-state index contributed by atoms with van der Waals surface area (Å²) in [6.07, 6.45) is 5.11. The maximum atomic E-state index is 11.6. The molecule has 0 unspecified atom stereocenters. The largest absolute Gasteiger partial charge is 0.545 e. The van der Waals surface area contributed by atoms with E-state index < -0.39 is 5.97 Å². The minimum Gasteiger partial charge on any atom is -0.545 e. The van der Waals surface area contributed by atoms with Crippen molar-refractivity contribution >= 4 is 39.2 Å². The first-order chi connectivity index (χ1) is 11.6. The third-order valence-corrected chi connectivity index (χ3v) is 5.97. The van der Waals surface area contributed by atoms with Crippen LogP contribution in [0.2, 0.25) is 5.02 Å². The Bertz CT molecular complexity index is 864. The topological polar surface area (TPSA) is 52.2 Å². The number of carboxylic acids is 1. The van der Waals surface area contributed by atoms with Crippen molar-refractivity contribution in [2.45, 2.75) is 18.4 Å². The molecule has 1 aliphatic heterocycles. The molecule has 0 saturated heterocycles. The number of carbonyl (C=O) groups is 1. The van der Waals surface area contributed by atoms with Crippen LogP contribution >= 0.6 is 27.5 Å². The number of fused-ring (bicyclic) bond motifs is 3. The summed E-state index contributed by atoms with van der Waals surface area (Å²) in [5.41, 5.74) is 2.81. The second-order valence-corrected chi connectivity index (χ2v) is 7.43. The average molecular weight is 404 g/mol. The molecule has 1 N–H and O–H groups in total. The lowest BCUT2D eigenvalue weighted by Crippen LogP contribution is -2.33. The lowest BCUT2D eigenvalue weighted by atomic mass is 9.75. The van der Waals surface area contributed by atoms with Gasteiger partial charge in [-0.05, 0) is 35.6 Å². The van der Waals surface area contributed by atoms with Crippen LogP contribution in [0.1, 0.15) is 39.9 Å². The molecular formula is C19H14BrClNO2-. The number of hydrogen-bond acceptors (Lipinski definition) is 3. The van der Waals surface area contributed by atoms with Crippen LogP contribution in [0.4, 0.5) is 5.69 Å². The van der Waals surface area contributed by atoms with Crippen LogP contribution in [0.25, 0.3) is 0 Å². The van der Waals surface area contributed by atoms with Gasteiger partial charge in [0.05, 0.1) is 22.7 Å². The summed E-state index contributed by atoms with van der Waals surface area (Å²) < 4.78 is 1.03. The fraction of sp³-hybridized carbons (Fsp3) is 0.211. The van der Waals surface area contributed by atoms with Gasteiger partial charge in [0.2, 0.25) is 0 Å². The number of allylic oxidation sites excluding steroid dienone is 2. The molecule has 0 saturated carbocycles. The van der Waals surface area contributed by atoms with Crippen molar-refractivity contribution in [1.82, 2.24) is 0 Å². The van der Waals surface area contributed by atoms with Crippen molar-refractivity contribution < 1.29 is 9.90 Å². The molecule has 122 valence electrons.